The van der Waals surface area contributed by atoms with Gasteiger partial charge in [-0.05, 0) is 91.3 Å². The minimum atomic E-state index is -1.73. The molecule has 4 aliphatic rings. The number of carbonyl (C=O) groups is 1. The second-order valence-corrected chi connectivity index (χ2v) is 15.2. The molecule has 0 aromatic rings. The van der Waals surface area contributed by atoms with Gasteiger partial charge in [0.2, 0.25) is 0 Å². The Balaban J connectivity index is 1.31. The third-order valence-corrected chi connectivity index (χ3v) is 12.3. The van der Waals surface area contributed by atoms with Crippen LogP contribution in [-0.2, 0) is 4.74 Å². The first-order valence-electron chi connectivity index (χ1n) is 16.8. The van der Waals surface area contributed by atoms with Gasteiger partial charge in [0.15, 0.2) is 0 Å². The van der Waals surface area contributed by atoms with E-state index in [4.69, 9.17) is 9.84 Å². The summed E-state index contributed by atoms with van der Waals surface area (Å²) >= 11 is 0. The normalized spacial score (nSPS) is 37.9. The molecular formula is C34H59NO7. The largest absolute Gasteiger partial charge is 0.446 e. The summed E-state index contributed by atoms with van der Waals surface area (Å²) in [6, 6.07) is 0. The van der Waals surface area contributed by atoms with Gasteiger partial charge in [-0.25, -0.2) is 4.79 Å². The number of ether oxygens (including phenoxy) is 1. The summed E-state index contributed by atoms with van der Waals surface area (Å²) in [5.41, 5.74) is 2.05. The molecule has 12 atom stereocenters. The Morgan fingerprint density at radius 2 is 1.69 bits per heavy atom. The zero-order valence-corrected chi connectivity index (χ0v) is 26.7. The Morgan fingerprint density at radius 1 is 0.976 bits per heavy atom. The molecule has 3 saturated carbocycles. The summed E-state index contributed by atoms with van der Waals surface area (Å²) in [6.45, 7) is 11.2. The minimum absolute atomic E-state index is 0.158. The predicted molar refractivity (Wildman–Crippen MR) is 162 cm³/mol. The van der Waals surface area contributed by atoms with Crippen molar-refractivity contribution in [3.8, 4) is 0 Å². The van der Waals surface area contributed by atoms with Gasteiger partial charge in [-0.3, -0.25) is 0 Å². The summed E-state index contributed by atoms with van der Waals surface area (Å²) in [5, 5.41) is 50.7. The first kappa shape index (κ1) is 33.7. The van der Waals surface area contributed by atoms with Crippen LogP contribution in [0.5, 0.6) is 0 Å². The van der Waals surface area contributed by atoms with E-state index >= 15 is 0 Å². The highest BCUT2D eigenvalue weighted by atomic mass is 16.6. The second-order valence-electron chi connectivity index (χ2n) is 15.2. The SMILES string of the molecule is CC(C)CCC[C@@H](C)[C@H]1CCC2C3CC=C4CC(OC(=O)NC[C@H](O)[C@@H](O)[C@H](O)[C@H](O)CO)CC[C@]4(C)C3CC[C@@]21C. The van der Waals surface area contributed by atoms with Crippen LogP contribution in [0, 0.1) is 46.3 Å². The molecule has 0 radical (unpaired) electrons. The van der Waals surface area contributed by atoms with Gasteiger partial charge in [0.05, 0.1) is 12.7 Å². The number of aliphatic hydroxyl groups excluding tert-OH is 5. The highest BCUT2D eigenvalue weighted by molar-refractivity contribution is 5.67. The Kier molecular flexibility index (Phi) is 11.1. The fourth-order valence-electron chi connectivity index (χ4n) is 9.82. The third kappa shape index (κ3) is 6.88. The molecule has 6 N–H and O–H groups in total. The number of hydrogen-bond acceptors (Lipinski definition) is 7. The molecule has 4 aliphatic carbocycles. The molecular weight excluding hydrogens is 534 g/mol. The van der Waals surface area contributed by atoms with Gasteiger partial charge in [-0.15, -0.1) is 0 Å². The molecule has 0 heterocycles. The topological polar surface area (TPSA) is 139 Å². The van der Waals surface area contributed by atoms with Crippen molar-refractivity contribution in [2.75, 3.05) is 13.2 Å². The fourth-order valence-corrected chi connectivity index (χ4v) is 9.82. The first-order valence-corrected chi connectivity index (χ1v) is 16.8. The summed E-state index contributed by atoms with van der Waals surface area (Å²) in [7, 11) is 0. The van der Waals surface area contributed by atoms with Crippen molar-refractivity contribution in [1.29, 1.82) is 0 Å². The van der Waals surface area contributed by atoms with Crippen molar-refractivity contribution in [3.05, 3.63) is 11.6 Å². The summed E-state index contributed by atoms with van der Waals surface area (Å²) in [6.07, 6.45) is 8.14. The van der Waals surface area contributed by atoms with E-state index < -0.39 is 37.1 Å². The molecule has 4 unspecified atom stereocenters. The van der Waals surface area contributed by atoms with Crippen LogP contribution in [0.1, 0.15) is 105 Å². The van der Waals surface area contributed by atoms with Crippen LogP contribution in [-0.4, -0.2) is 75.3 Å². The Hall–Kier alpha value is -1.19. The predicted octanol–water partition coefficient (Wildman–Crippen LogP) is 4.56. The van der Waals surface area contributed by atoms with E-state index in [2.05, 4.69) is 46.0 Å². The van der Waals surface area contributed by atoms with E-state index in [-0.39, 0.29) is 18.1 Å². The van der Waals surface area contributed by atoms with E-state index in [1.165, 1.54) is 50.5 Å². The van der Waals surface area contributed by atoms with Crippen LogP contribution in [0.15, 0.2) is 11.6 Å². The van der Waals surface area contributed by atoms with E-state index in [9.17, 15) is 25.2 Å². The molecule has 8 nitrogen and oxygen atoms in total. The Bertz CT molecular complexity index is 941. The molecule has 8 heteroatoms. The lowest BCUT2D eigenvalue weighted by Gasteiger charge is -2.58. The maximum Gasteiger partial charge on any atom is 0.407 e. The van der Waals surface area contributed by atoms with E-state index in [0.29, 0.717) is 11.3 Å². The number of alkyl carbamates (subject to hydrolysis) is 1. The van der Waals surface area contributed by atoms with Crippen molar-refractivity contribution in [2.24, 2.45) is 46.3 Å². The number of amides is 1. The molecule has 0 aromatic carbocycles. The van der Waals surface area contributed by atoms with Crippen LogP contribution in [0.3, 0.4) is 0 Å². The Morgan fingerprint density at radius 3 is 2.38 bits per heavy atom. The summed E-state index contributed by atoms with van der Waals surface area (Å²) in [5.74, 6) is 4.69. The number of fused-ring (bicyclic) bond motifs is 5. The lowest BCUT2D eigenvalue weighted by Crippen LogP contribution is -2.51. The highest BCUT2D eigenvalue weighted by Gasteiger charge is 2.59. The van der Waals surface area contributed by atoms with Gasteiger partial charge >= 0.3 is 6.09 Å². The monoisotopic (exact) mass is 593 g/mol. The molecule has 0 bridgehead atoms. The molecule has 0 aliphatic heterocycles. The molecule has 0 aromatic heterocycles. The third-order valence-electron chi connectivity index (χ3n) is 12.3. The second kappa shape index (κ2) is 13.8. The number of hydrogen-bond donors (Lipinski definition) is 6. The van der Waals surface area contributed by atoms with Gasteiger partial charge in [0.25, 0.3) is 0 Å². The first-order chi connectivity index (χ1) is 19.8. The van der Waals surface area contributed by atoms with Crippen LogP contribution in [0.2, 0.25) is 0 Å². The van der Waals surface area contributed by atoms with Crippen molar-refractivity contribution in [3.63, 3.8) is 0 Å². The maximum atomic E-state index is 12.5. The van der Waals surface area contributed by atoms with Crippen LogP contribution in [0.25, 0.3) is 0 Å². The maximum absolute atomic E-state index is 12.5. The van der Waals surface area contributed by atoms with Crippen molar-refractivity contribution in [1.82, 2.24) is 5.32 Å². The zero-order valence-electron chi connectivity index (χ0n) is 26.7. The van der Waals surface area contributed by atoms with Crippen LogP contribution < -0.4 is 5.32 Å². The summed E-state index contributed by atoms with van der Waals surface area (Å²) in [4.78, 5) is 12.5. The molecule has 242 valence electrons. The fraction of sp³-hybridized carbons (Fsp3) is 0.912. The number of aliphatic hydroxyl groups is 5. The van der Waals surface area contributed by atoms with Gasteiger partial charge in [-0.1, -0.05) is 65.5 Å². The number of nitrogens with one attached hydrogen (secondary N) is 1. The van der Waals surface area contributed by atoms with Crippen molar-refractivity contribution >= 4 is 6.09 Å². The standard InChI is InChI=1S/C34H59NO7/c1-20(2)7-6-8-21(3)25-11-12-26-24-10-9-22-17-23(13-15-33(22,4)27(24)14-16-34(25,26)5)42-32(41)35-18-28(37)30(39)31(40)29(38)19-36/h9,20-21,23-31,36-40H,6-8,10-19H2,1-5H3,(H,35,41)/t21-,23?,24?,25-,26?,27?,28+,29-,30-,31-,33+,34-/m1/s1. The van der Waals surface area contributed by atoms with Crippen molar-refractivity contribution < 1.29 is 35.1 Å². The lowest BCUT2D eigenvalue weighted by atomic mass is 9.47. The van der Waals surface area contributed by atoms with Crippen LogP contribution in [0.4, 0.5) is 4.79 Å². The van der Waals surface area contributed by atoms with Gasteiger partial charge in [0.1, 0.15) is 24.4 Å². The molecule has 42 heavy (non-hydrogen) atoms. The molecule has 0 saturated heterocycles. The quantitative estimate of drug-likeness (QED) is 0.182. The zero-order chi connectivity index (χ0) is 30.8. The highest BCUT2D eigenvalue weighted by Crippen LogP contribution is 2.67. The van der Waals surface area contributed by atoms with Gasteiger partial charge in [0, 0.05) is 13.0 Å². The van der Waals surface area contributed by atoms with Gasteiger partial charge in [-0.2, -0.15) is 0 Å². The Labute approximate surface area is 253 Å². The van der Waals surface area contributed by atoms with Crippen molar-refractivity contribution in [2.45, 2.75) is 136 Å². The van der Waals surface area contributed by atoms with E-state index in [1.807, 2.05) is 0 Å². The molecule has 1 amide bonds. The van der Waals surface area contributed by atoms with E-state index in [0.717, 1.165) is 55.3 Å². The molecule has 4 rings (SSSR count). The molecule has 3 fully saturated rings. The summed E-state index contributed by atoms with van der Waals surface area (Å²) < 4.78 is 5.72. The number of allylic oxidation sites excluding steroid dienone is 1. The minimum Gasteiger partial charge on any atom is -0.446 e. The number of rotatable bonds is 12. The average molecular weight is 594 g/mol. The molecule has 0 spiro atoms. The lowest BCUT2D eigenvalue weighted by molar-refractivity contribution is -0.113. The van der Waals surface area contributed by atoms with E-state index in [1.54, 1.807) is 0 Å². The van der Waals surface area contributed by atoms with Gasteiger partial charge < -0.3 is 35.6 Å². The smallest absolute Gasteiger partial charge is 0.407 e. The number of carbonyl (C=O) groups excluding carboxylic acids is 1. The average Bonchev–Trinajstić information content (AvgIpc) is 3.31. The van der Waals surface area contributed by atoms with Crippen LogP contribution >= 0.6 is 0 Å².